The normalized spacial score (nSPS) is 17.0. The van der Waals surface area contributed by atoms with Gasteiger partial charge in [-0.1, -0.05) is 0 Å². The SMILES string of the molecule is CCOCCN(CC(=O)O)C(=O)CN1CCN(CC(=O)O)CCN(CC(=O)O)CCN(CC(=O)O)CC1.[Gd]. The molecule has 0 aromatic carbocycles. The van der Waals surface area contributed by atoms with Crippen LogP contribution in [0.25, 0.3) is 0 Å². The first-order valence-corrected chi connectivity index (χ1v) is 12.1. The van der Waals surface area contributed by atoms with Crippen molar-refractivity contribution in [1.29, 1.82) is 0 Å². The third-order valence-electron chi connectivity index (χ3n) is 5.75. The van der Waals surface area contributed by atoms with Gasteiger partial charge in [-0.05, 0) is 6.92 Å². The monoisotopic (exact) mass is 691 g/mol. The van der Waals surface area contributed by atoms with Crippen LogP contribution in [0.5, 0.6) is 0 Å². The van der Waals surface area contributed by atoms with Gasteiger partial charge in [0.05, 0.1) is 32.8 Å². The minimum Gasteiger partial charge on any atom is -0.480 e. The quantitative estimate of drug-likeness (QED) is 0.139. The fraction of sp³-hybridized carbons (Fsp3) is 0.773. The predicted octanol–water partition coefficient (Wildman–Crippen LogP) is -2.59. The Balaban J connectivity index is 0.0000137. The minimum atomic E-state index is -1.16. The molecule has 0 aromatic heterocycles. The molecular formula is C22H39GdN5O10. The average molecular weight is 691 g/mol. The number of carboxylic acids is 4. The van der Waals surface area contributed by atoms with E-state index >= 15 is 0 Å². The standard InChI is InChI=1S/C22H39N5O10.Gd/c1-2-37-12-11-27(17-22(35)36)18(28)13-23-3-5-24(14-19(29)30)7-9-26(16-21(33)34)10-8-25(6-4-23)15-20(31)32;/h2-17H2,1H3,(H,29,30)(H,31,32)(H,33,34)(H,35,36);. The molecule has 220 valence electrons. The third kappa shape index (κ3) is 17.1. The number of carboxylic acid groups (broad SMARTS) is 4. The van der Waals surface area contributed by atoms with Crippen LogP contribution in [0.1, 0.15) is 6.92 Å². The molecule has 1 saturated heterocycles. The zero-order valence-corrected chi connectivity index (χ0v) is 23.9. The summed E-state index contributed by atoms with van der Waals surface area (Å²) >= 11 is 0. The minimum absolute atomic E-state index is 0. The summed E-state index contributed by atoms with van der Waals surface area (Å²) in [6, 6.07) is 0. The maximum atomic E-state index is 13.0. The molecule has 0 bridgehead atoms. The van der Waals surface area contributed by atoms with E-state index in [0.29, 0.717) is 6.61 Å². The number of nitrogens with zero attached hydrogens (tertiary/aromatic N) is 5. The fourth-order valence-electron chi connectivity index (χ4n) is 3.85. The summed E-state index contributed by atoms with van der Waals surface area (Å²) in [6.45, 7) is 3.18. The molecule has 0 saturated carbocycles. The Morgan fingerprint density at radius 1 is 0.632 bits per heavy atom. The van der Waals surface area contributed by atoms with Crippen molar-refractivity contribution in [3.63, 3.8) is 0 Å². The topological polar surface area (TPSA) is 192 Å². The Bertz CT molecular complexity index is 743. The summed E-state index contributed by atoms with van der Waals surface area (Å²) in [5, 5.41) is 37.0. The van der Waals surface area contributed by atoms with Crippen LogP contribution in [0.2, 0.25) is 0 Å². The molecule has 0 atom stereocenters. The van der Waals surface area contributed by atoms with Crippen LogP contribution in [-0.4, -0.2) is 180 Å². The summed E-state index contributed by atoms with van der Waals surface area (Å²) in [5.41, 5.74) is 0. The number of carbonyl (C=O) groups is 5. The molecule has 15 nitrogen and oxygen atoms in total. The molecule has 4 N–H and O–H groups in total. The van der Waals surface area contributed by atoms with Gasteiger partial charge >= 0.3 is 23.9 Å². The Hall–Kier alpha value is -1.53. The van der Waals surface area contributed by atoms with Crippen molar-refractivity contribution in [2.75, 3.05) is 105 Å². The van der Waals surface area contributed by atoms with Gasteiger partial charge in [-0.2, -0.15) is 0 Å². The first-order chi connectivity index (χ1) is 17.5. The molecule has 1 amide bonds. The largest absolute Gasteiger partial charge is 0.480 e. The number of aliphatic carboxylic acids is 4. The van der Waals surface area contributed by atoms with Crippen molar-refractivity contribution >= 4 is 29.8 Å². The van der Waals surface area contributed by atoms with Gasteiger partial charge in [0, 0.05) is 105 Å². The summed E-state index contributed by atoms with van der Waals surface area (Å²) in [5.74, 6) is -4.73. The molecule has 0 radical (unpaired) electrons. The summed E-state index contributed by atoms with van der Waals surface area (Å²) in [4.78, 5) is 66.1. The average Bonchev–Trinajstić information content (AvgIpc) is 2.78. The molecule has 38 heavy (non-hydrogen) atoms. The molecule has 1 fully saturated rings. The molecule has 0 spiro atoms. The van der Waals surface area contributed by atoms with E-state index in [0.717, 1.165) is 0 Å². The number of hydrogen-bond acceptors (Lipinski definition) is 10. The van der Waals surface area contributed by atoms with Gasteiger partial charge in [0.2, 0.25) is 5.91 Å². The number of amides is 1. The summed E-state index contributed by atoms with van der Waals surface area (Å²) < 4.78 is 5.25. The second-order valence-electron chi connectivity index (χ2n) is 8.69. The van der Waals surface area contributed by atoms with E-state index in [-0.39, 0.29) is 132 Å². The van der Waals surface area contributed by atoms with Gasteiger partial charge in [0.25, 0.3) is 0 Å². The molecule has 1 heterocycles. The van der Waals surface area contributed by atoms with Crippen molar-refractivity contribution in [3.05, 3.63) is 0 Å². The molecule has 1 aliphatic rings. The van der Waals surface area contributed by atoms with Gasteiger partial charge in [0.15, 0.2) is 0 Å². The number of ether oxygens (including phenoxy) is 1. The van der Waals surface area contributed by atoms with Crippen molar-refractivity contribution in [2.45, 2.75) is 6.92 Å². The first kappa shape index (κ1) is 36.5. The molecular weight excluding hydrogens is 652 g/mol. The van der Waals surface area contributed by atoms with Gasteiger partial charge in [-0.25, -0.2) is 0 Å². The van der Waals surface area contributed by atoms with Crippen LogP contribution < -0.4 is 0 Å². The van der Waals surface area contributed by atoms with E-state index in [1.54, 1.807) is 26.5 Å². The third-order valence-corrected chi connectivity index (χ3v) is 5.75. The Labute approximate surface area is 253 Å². The van der Waals surface area contributed by atoms with Gasteiger partial charge in [-0.15, -0.1) is 0 Å². The van der Waals surface area contributed by atoms with Crippen molar-refractivity contribution in [1.82, 2.24) is 24.5 Å². The van der Waals surface area contributed by atoms with Crippen molar-refractivity contribution in [3.8, 4) is 0 Å². The van der Waals surface area contributed by atoms with E-state index in [2.05, 4.69) is 0 Å². The van der Waals surface area contributed by atoms with Gasteiger partial charge in [-0.3, -0.25) is 43.6 Å². The zero-order valence-electron chi connectivity index (χ0n) is 21.6. The van der Waals surface area contributed by atoms with E-state index in [1.807, 2.05) is 0 Å². The Morgan fingerprint density at radius 2 is 0.974 bits per heavy atom. The number of rotatable bonds is 14. The summed E-state index contributed by atoms with van der Waals surface area (Å²) in [6.07, 6.45) is 0. The predicted molar refractivity (Wildman–Crippen MR) is 129 cm³/mol. The van der Waals surface area contributed by atoms with E-state index in [9.17, 15) is 44.4 Å². The second-order valence-corrected chi connectivity index (χ2v) is 8.69. The van der Waals surface area contributed by atoms with Crippen LogP contribution in [0.3, 0.4) is 0 Å². The molecule has 0 unspecified atom stereocenters. The number of carbonyl (C=O) groups excluding carboxylic acids is 1. The molecule has 1 aliphatic heterocycles. The van der Waals surface area contributed by atoms with E-state index < -0.39 is 36.3 Å². The molecule has 0 aromatic rings. The zero-order chi connectivity index (χ0) is 27.8. The van der Waals surface area contributed by atoms with E-state index in [1.165, 1.54) is 4.90 Å². The number of hydrogen-bond donors (Lipinski definition) is 4. The Kier molecular flexibility index (Phi) is 19.6. The van der Waals surface area contributed by atoms with Crippen LogP contribution >= 0.6 is 0 Å². The smallest absolute Gasteiger partial charge is 0.323 e. The molecule has 1 rings (SSSR count). The summed E-state index contributed by atoms with van der Waals surface area (Å²) in [7, 11) is 0. The second kappa shape index (κ2) is 20.4. The maximum Gasteiger partial charge on any atom is 0.323 e. The van der Waals surface area contributed by atoms with Crippen LogP contribution in [-0.2, 0) is 28.7 Å². The molecule has 0 aliphatic carbocycles. The van der Waals surface area contributed by atoms with E-state index in [4.69, 9.17) is 4.74 Å². The van der Waals surface area contributed by atoms with Crippen molar-refractivity contribution in [2.24, 2.45) is 0 Å². The van der Waals surface area contributed by atoms with Crippen LogP contribution in [0.15, 0.2) is 0 Å². The molecule has 16 heteroatoms. The first-order valence-electron chi connectivity index (χ1n) is 12.1. The van der Waals surface area contributed by atoms with Crippen LogP contribution in [0.4, 0.5) is 0 Å². The maximum absolute atomic E-state index is 13.0. The van der Waals surface area contributed by atoms with Crippen LogP contribution in [0, 0.1) is 39.9 Å². The van der Waals surface area contributed by atoms with Gasteiger partial charge in [0.1, 0.15) is 6.54 Å². The Morgan fingerprint density at radius 3 is 1.26 bits per heavy atom. The van der Waals surface area contributed by atoms with Crippen molar-refractivity contribution < 1.29 is 89.1 Å². The fourth-order valence-corrected chi connectivity index (χ4v) is 3.85. The van der Waals surface area contributed by atoms with Gasteiger partial charge < -0.3 is 30.1 Å².